The van der Waals surface area contributed by atoms with Crippen LogP contribution in [0.2, 0.25) is 5.02 Å². The zero-order chi connectivity index (χ0) is 18.8. The Kier molecular flexibility index (Phi) is 4.87. The van der Waals surface area contributed by atoms with E-state index >= 15 is 0 Å². The summed E-state index contributed by atoms with van der Waals surface area (Å²) in [6.07, 6.45) is 1.17. The van der Waals surface area contributed by atoms with Crippen LogP contribution in [0.5, 0.6) is 0 Å². The predicted octanol–water partition coefficient (Wildman–Crippen LogP) is 0.654. The number of benzene rings is 1. The van der Waals surface area contributed by atoms with Gasteiger partial charge in [-0.15, -0.1) is 0 Å². The fraction of sp³-hybridized carbons (Fsp3) is 0.200. The second-order valence-electron chi connectivity index (χ2n) is 5.31. The second kappa shape index (κ2) is 7.10. The molecule has 0 fully saturated rings. The molecule has 0 aliphatic carbocycles. The first-order valence-corrected chi connectivity index (χ1v) is 7.85. The van der Waals surface area contributed by atoms with Crippen molar-refractivity contribution < 1.29 is 9.50 Å². The molecule has 0 spiro atoms. The lowest BCUT2D eigenvalue weighted by molar-refractivity contribution is 0.278. The number of anilines is 1. The van der Waals surface area contributed by atoms with Gasteiger partial charge in [0.15, 0.2) is 11.2 Å². The summed E-state index contributed by atoms with van der Waals surface area (Å²) in [4.78, 5) is 30.1. The van der Waals surface area contributed by atoms with Gasteiger partial charge in [0, 0.05) is 19.2 Å². The fourth-order valence-corrected chi connectivity index (χ4v) is 2.64. The summed E-state index contributed by atoms with van der Waals surface area (Å²) in [5.41, 5.74) is 1.62. The topological polar surface area (TPSA) is 117 Å². The number of H-pyrrole nitrogens is 1. The van der Waals surface area contributed by atoms with Gasteiger partial charge < -0.3 is 9.67 Å². The maximum absolute atomic E-state index is 13.8. The molecule has 0 radical (unpaired) electrons. The summed E-state index contributed by atoms with van der Waals surface area (Å²) >= 11 is 5.92. The molecule has 3 aromatic rings. The standard InChI is InChI=1S/C15H14ClFN6O3/c1-22-12-11(13(25)20-15(22)26)23(5-6-24)14(19-12)21-18-7-8-9(16)3-2-4-10(8)17/h2-4,7,24H,5-6H2,1H3,(H,19,21)(H,20,25,26). The monoisotopic (exact) mass is 380 g/mol. The highest BCUT2D eigenvalue weighted by Gasteiger charge is 2.16. The van der Waals surface area contributed by atoms with E-state index < -0.39 is 17.1 Å². The van der Waals surface area contributed by atoms with Gasteiger partial charge in [0.2, 0.25) is 5.95 Å². The zero-order valence-corrected chi connectivity index (χ0v) is 14.3. The van der Waals surface area contributed by atoms with Crippen LogP contribution in [0.15, 0.2) is 32.9 Å². The lowest BCUT2D eigenvalue weighted by Gasteiger charge is -2.05. The van der Waals surface area contributed by atoms with Crippen molar-refractivity contribution >= 4 is 34.9 Å². The van der Waals surface area contributed by atoms with E-state index in [2.05, 4.69) is 20.5 Å². The van der Waals surface area contributed by atoms with E-state index in [0.29, 0.717) is 0 Å². The maximum Gasteiger partial charge on any atom is 0.329 e. The Morgan fingerprint density at radius 1 is 1.46 bits per heavy atom. The molecule has 0 aliphatic rings. The van der Waals surface area contributed by atoms with Crippen molar-refractivity contribution in [1.82, 2.24) is 19.1 Å². The van der Waals surface area contributed by atoms with Crippen LogP contribution in [-0.4, -0.2) is 37.0 Å². The number of hydrogen-bond donors (Lipinski definition) is 3. The number of halogens is 2. The van der Waals surface area contributed by atoms with Gasteiger partial charge in [-0.3, -0.25) is 14.3 Å². The van der Waals surface area contributed by atoms with Gasteiger partial charge in [0.05, 0.1) is 17.8 Å². The van der Waals surface area contributed by atoms with Crippen molar-refractivity contribution in [2.24, 2.45) is 12.1 Å². The molecule has 0 amide bonds. The number of hydrazone groups is 1. The highest BCUT2D eigenvalue weighted by atomic mass is 35.5. The highest BCUT2D eigenvalue weighted by molar-refractivity contribution is 6.33. The lowest BCUT2D eigenvalue weighted by Crippen LogP contribution is -2.29. The minimum atomic E-state index is -0.641. The third-order valence-corrected chi connectivity index (χ3v) is 4.02. The molecule has 1 aromatic carbocycles. The number of aromatic amines is 1. The second-order valence-corrected chi connectivity index (χ2v) is 5.71. The summed E-state index contributed by atoms with van der Waals surface area (Å²) in [7, 11) is 1.45. The number of imidazole rings is 1. The van der Waals surface area contributed by atoms with Crippen molar-refractivity contribution in [1.29, 1.82) is 0 Å². The molecule has 3 N–H and O–H groups in total. The molecule has 3 rings (SSSR count). The molecule has 26 heavy (non-hydrogen) atoms. The number of aryl methyl sites for hydroxylation is 1. The predicted molar refractivity (Wildman–Crippen MR) is 95.3 cm³/mol. The van der Waals surface area contributed by atoms with E-state index in [4.69, 9.17) is 11.6 Å². The molecule has 2 aromatic heterocycles. The average molecular weight is 381 g/mol. The van der Waals surface area contributed by atoms with Gasteiger partial charge in [-0.2, -0.15) is 10.1 Å². The van der Waals surface area contributed by atoms with Gasteiger partial charge >= 0.3 is 5.69 Å². The molecule has 136 valence electrons. The first kappa shape index (κ1) is 17.8. The number of fused-ring (bicyclic) bond motifs is 1. The minimum absolute atomic E-state index is 0.0378. The van der Waals surface area contributed by atoms with E-state index in [0.717, 1.165) is 4.57 Å². The number of nitrogens with zero attached hydrogens (tertiary/aromatic N) is 4. The number of aliphatic hydroxyl groups excluding tert-OH is 1. The van der Waals surface area contributed by atoms with Gasteiger partial charge in [-0.05, 0) is 12.1 Å². The number of hydrogen-bond acceptors (Lipinski definition) is 6. The van der Waals surface area contributed by atoms with Crippen LogP contribution >= 0.6 is 11.6 Å². The third kappa shape index (κ3) is 3.11. The molecule has 2 heterocycles. The van der Waals surface area contributed by atoms with Crippen LogP contribution in [0.1, 0.15) is 5.56 Å². The quantitative estimate of drug-likeness (QED) is 0.444. The molecular formula is C15H14ClFN6O3. The third-order valence-electron chi connectivity index (χ3n) is 3.69. The zero-order valence-electron chi connectivity index (χ0n) is 13.5. The summed E-state index contributed by atoms with van der Waals surface area (Å²) in [6.45, 7) is -0.235. The van der Waals surface area contributed by atoms with Crippen LogP contribution in [0.4, 0.5) is 10.3 Å². The lowest BCUT2D eigenvalue weighted by atomic mass is 10.2. The van der Waals surface area contributed by atoms with E-state index in [1.807, 2.05) is 0 Å². The Balaban J connectivity index is 2.05. The van der Waals surface area contributed by atoms with Gasteiger partial charge in [-0.1, -0.05) is 17.7 Å². The van der Waals surface area contributed by atoms with Crippen LogP contribution in [0.3, 0.4) is 0 Å². The van der Waals surface area contributed by atoms with Crippen molar-refractivity contribution in [3.8, 4) is 0 Å². The van der Waals surface area contributed by atoms with Crippen molar-refractivity contribution in [3.05, 3.63) is 55.4 Å². The fourth-order valence-electron chi connectivity index (χ4n) is 2.43. The molecule has 0 saturated heterocycles. The van der Waals surface area contributed by atoms with Crippen molar-refractivity contribution in [2.45, 2.75) is 6.54 Å². The Labute approximate surface area is 150 Å². The van der Waals surface area contributed by atoms with Crippen molar-refractivity contribution in [3.63, 3.8) is 0 Å². The number of nitrogens with one attached hydrogen (secondary N) is 2. The Morgan fingerprint density at radius 2 is 2.23 bits per heavy atom. The van der Waals surface area contributed by atoms with Crippen LogP contribution < -0.4 is 16.7 Å². The van der Waals surface area contributed by atoms with Gasteiger partial charge in [0.1, 0.15) is 5.82 Å². The van der Waals surface area contributed by atoms with Crippen molar-refractivity contribution in [2.75, 3.05) is 12.0 Å². The largest absolute Gasteiger partial charge is 0.395 e. The molecular weight excluding hydrogens is 367 g/mol. The Bertz CT molecular complexity index is 1100. The summed E-state index contributed by atoms with van der Waals surface area (Å²) in [5, 5.41) is 13.3. The van der Waals surface area contributed by atoms with E-state index in [1.54, 1.807) is 0 Å². The van der Waals surface area contributed by atoms with Gasteiger partial charge in [0.25, 0.3) is 5.56 Å². The van der Waals surface area contributed by atoms with Gasteiger partial charge in [-0.25, -0.2) is 14.6 Å². The van der Waals surface area contributed by atoms with E-state index in [1.165, 1.54) is 36.0 Å². The first-order chi connectivity index (χ1) is 12.4. The van der Waals surface area contributed by atoms with Crippen LogP contribution in [0.25, 0.3) is 11.2 Å². The Hall–Kier alpha value is -2.98. The molecule has 0 atom stereocenters. The highest BCUT2D eigenvalue weighted by Crippen LogP contribution is 2.18. The van der Waals surface area contributed by atoms with Crippen LogP contribution in [0, 0.1) is 5.82 Å². The summed E-state index contributed by atoms with van der Waals surface area (Å²) < 4.78 is 16.3. The molecule has 0 aliphatic heterocycles. The average Bonchev–Trinajstić information content (AvgIpc) is 2.95. The smallest absolute Gasteiger partial charge is 0.329 e. The number of aliphatic hydroxyl groups is 1. The minimum Gasteiger partial charge on any atom is -0.395 e. The Morgan fingerprint density at radius 3 is 2.92 bits per heavy atom. The van der Waals surface area contributed by atoms with E-state index in [-0.39, 0.29) is 40.8 Å². The van der Waals surface area contributed by atoms with E-state index in [9.17, 15) is 19.1 Å². The SMILES string of the molecule is Cn1c(=O)[nH]c(=O)c2c1nc(NN=Cc1c(F)cccc1Cl)n2CCO. The molecule has 0 unspecified atom stereocenters. The molecule has 9 nitrogen and oxygen atoms in total. The van der Waals surface area contributed by atoms with Crippen LogP contribution in [-0.2, 0) is 13.6 Å². The summed E-state index contributed by atoms with van der Waals surface area (Å²) in [5.74, 6) is -0.449. The maximum atomic E-state index is 13.8. The number of aromatic nitrogens is 4. The normalized spacial score (nSPS) is 11.5. The number of rotatable bonds is 5. The first-order valence-electron chi connectivity index (χ1n) is 7.47. The molecule has 0 bridgehead atoms. The molecule has 11 heteroatoms. The molecule has 0 saturated carbocycles. The summed E-state index contributed by atoms with van der Waals surface area (Å²) in [6, 6.07) is 4.22.